The summed E-state index contributed by atoms with van der Waals surface area (Å²) in [6.45, 7) is 1.71. The van der Waals surface area contributed by atoms with E-state index in [4.69, 9.17) is 0 Å². The predicted octanol–water partition coefficient (Wildman–Crippen LogP) is 2.74. The molecule has 0 amide bonds. The van der Waals surface area contributed by atoms with Crippen molar-refractivity contribution in [3.8, 4) is 5.82 Å². The lowest BCUT2D eigenvalue weighted by atomic mass is 9.65. The van der Waals surface area contributed by atoms with Gasteiger partial charge in [0, 0.05) is 35.8 Å². The Morgan fingerprint density at radius 3 is 2.80 bits per heavy atom. The molecule has 1 fully saturated rings. The number of hydrogen-bond donors (Lipinski definition) is 1. The molecule has 0 aliphatic heterocycles. The number of nitrogens with zero attached hydrogens (tertiary/aromatic N) is 5. The molecule has 3 aromatic rings. The third-order valence-corrected chi connectivity index (χ3v) is 5.01. The molecular formula is C19H21N5O. The molecule has 128 valence electrons. The molecule has 25 heavy (non-hydrogen) atoms. The smallest absolute Gasteiger partial charge is 0.158 e. The molecule has 0 unspecified atom stereocenters. The van der Waals surface area contributed by atoms with Crippen LogP contribution in [0.3, 0.4) is 0 Å². The first-order valence-corrected chi connectivity index (χ1v) is 8.52. The number of aliphatic imine (C=N–C) groups is 1. The van der Waals surface area contributed by atoms with Crippen molar-refractivity contribution in [2.75, 3.05) is 7.05 Å². The topological polar surface area (TPSA) is 76.2 Å². The van der Waals surface area contributed by atoms with Crippen molar-refractivity contribution in [1.29, 1.82) is 0 Å². The quantitative estimate of drug-likeness (QED) is 0.744. The number of aliphatic hydroxyl groups is 1. The molecular weight excluding hydrogens is 314 g/mol. The number of aliphatic hydroxyl groups excluding tert-OH is 1. The van der Waals surface area contributed by atoms with Crippen molar-refractivity contribution in [3.05, 3.63) is 47.5 Å². The molecule has 1 saturated carbocycles. The summed E-state index contributed by atoms with van der Waals surface area (Å²) in [5.41, 5.74) is 3.14. The van der Waals surface area contributed by atoms with Crippen LogP contribution in [-0.4, -0.2) is 38.1 Å². The minimum absolute atomic E-state index is 0.0515. The van der Waals surface area contributed by atoms with Crippen LogP contribution < -0.4 is 0 Å². The van der Waals surface area contributed by atoms with Crippen molar-refractivity contribution < 1.29 is 5.11 Å². The number of rotatable bonds is 4. The molecule has 0 radical (unpaired) electrons. The molecule has 2 aromatic heterocycles. The first-order chi connectivity index (χ1) is 12.1. The van der Waals surface area contributed by atoms with Crippen LogP contribution >= 0.6 is 0 Å². The summed E-state index contributed by atoms with van der Waals surface area (Å²) in [5.74, 6) is 1.08. The Kier molecular flexibility index (Phi) is 3.84. The van der Waals surface area contributed by atoms with E-state index in [9.17, 15) is 5.11 Å². The molecule has 1 aliphatic rings. The van der Waals surface area contributed by atoms with Gasteiger partial charge in [0.1, 0.15) is 6.61 Å². The van der Waals surface area contributed by atoms with Crippen molar-refractivity contribution in [3.63, 3.8) is 0 Å². The Bertz CT molecular complexity index is 956. The van der Waals surface area contributed by atoms with Crippen LogP contribution in [0.15, 0.2) is 35.5 Å². The molecule has 0 bridgehead atoms. The Morgan fingerprint density at radius 1 is 1.28 bits per heavy atom. The third-order valence-electron chi connectivity index (χ3n) is 5.01. The third kappa shape index (κ3) is 2.62. The lowest BCUT2D eigenvalue weighted by Crippen LogP contribution is -2.35. The van der Waals surface area contributed by atoms with Gasteiger partial charge in [0.15, 0.2) is 11.6 Å². The van der Waals surface area contributed by atoms with Crippen LogP contribution in [0.25, 0.3) is 16.7 Å². The maximum atomic E-state index is 9.38. The van der Waals surface area contributed by atoms with Crippen molar-refractivity contribution in [2.24, 2.45) is 4.99 Å². The Balaban J connectivity index is 1.86. The predicted molar refractivity (Wildman–Crippen MR) is 97.3 cm³/mol. The highest BCUT2D eigenvalue weighted by Crippen LogP contribution is 2.43. The van der Waals surface area contributed by atoms with E-state index in [0.717, 1.165) is 29.4 Å². The fourth-order valence-corrected chi connectivity index (χ4v) is 3.60. The standard InChI is InChI=1S/C19H21N5O/c1-13-8-18(23-17(11-25)22-13)24-16-9-15(5-4-14(16)10-21-24)19(12-20-2)6-3-7-19/h4-5,8-10,12,25H,3,6-7,11H2,1-2H3. The van der Waals surface area contributed by atoms with Gasteiger partial charge < -0.3 is 5.11 Å². The van der Waals surface area contributed by atoms with Crippen LogP contribution in [0.4, 0.5) is 0 Å². The summed E-state index contributed by atoms with van der Waals surface area (Å²) in [6, 6.07) is 8.36. The summed E-state index contributed by atoms with van der Waals surface area (Å²) in [7, 11) is 1.84. The Labute approximate surface area is 146 Å². The lowest BCUT2D eigenvalue weighted by Gasteiger charge is -2.39. The second kappa shape index (κ2) is 6.04. The summed E-state index contributed by atoms with van der Waals surface area (Å²) in [4.78, 5) is 12.9. The average Bonchev–Trinajstić information content (AvgIpc) is 3.00. The van der Waals surface area contributed by atoms with Gasteiger partial charge in [0.25, 0.3) is 0 Å². The molecule has 0 saturated heterocycles. The SMILES string of the molecule is CN=CC1(c2ccc3cnn(-c4cc(C)nc(CO)n4)c3c2)CCC1. The van der Waals surface area contributed by atoms with Gasteiger partial charge in [-0.2, -0.15) is 5.10 Å². The number of benzene rings is 1. The molecule has 2 heterocycles. The van der Waals surface area contributed by atoms with E-state index in [-0.39, 0.29) is 12.0 Å². The molecule has 1 aromatic carbocycles. The summed E-state index contributed by atoms with van der Waals surface area (Å²) in [6.07, 6.45) is 7.42. The highest BCUT2D eigenvalue weighted by atomic mass is 16.3. The Hall–Kier alpha value is -2.60. The van der Waals surface area contributed by atoms with E-state index in [1.54, 1.807) is 0 Å². The molecule has 6 nitrogen and oxygen atoms in total. The Morgan fingerprint density at radius 2 is 2.12 bits per heavy atom. The first kappa shape index (κ1) is 15.9. The van der Waals surface area contributed by atoms with Gasteiger partial charge in [-0.25, -0.2) is 14.6 Å². The van der Waals surface area contributed by atoms with Crippen LogP contribution in [0.5, 0.6) is 0 Å². The monoisotopic (exact) mass is 335 g/mol. The maximum Gasteiger partial charge on any atom is 0.158 e. The zero-order chi connectivity index (χ0) is 17.4. The fraction of sp³-hybridized carbons (Fsp3) is 0.368. The number of hydrogen-bond acceptors (Lipinski definition) is 5. The van der Waals surface area contributed by atoms with Crippen molar-refractivity contribution in [2.45, 2.75) is 38.2 Å². The number of aryl methyl sites for hydroxylation is 1. The van der Waals surface area contributed by atoms with Crippen molar-refractivity contribution >= 4 is 17.1 Å². The summed E-state index contributed by atoms with van der Waals surface area (Å²) >= 11 is 0. The van der Waals surface area contributed by atoms with Crippen LogP contribution in [0.2, 0.25) is 0 Å². The molecule has 0 atom stereocenters. The van der Waals surface area contributed by atoms with Crippen LogP contribution in [-0.2, 0) is 12.0 Å². The van der Waals surface area contributed by atoms with Gasteiger partial charge in [-0.1, -0.05) is 18.6 Å². The van der Waals surface area contributed by atoms with E-state index in [2.05, 4.69) is 44.5 Å². The number of aromatic nitrogens is 4. The minimum Gasteiger partial charge on any atom is -0.388 e. The zero-order valence-corrected chi connectivity index (χ0v) is 14.5. The van der Waals surface area contributed by atoms with E-state index < -0.39 is 0 Å². The summed E-state index contributed by atoms with van der Waals surface area (Å²) < 4.78 is 1.82. The van der Waals surface area contributed by atoms with Gasteiger partial charge in [-0.05, 0) is 31.4 Å². The molecule has 1 N–H and O–H groups in total. The summed E-state index contributed by atoms with van der Waals surface area (Å²) in [5, 5.41) is 14.9. The highest BCUT2D eigenvalue weighted by Gasteiger charge is 2.37. The van der Waals surface area contributed by atoms with E-state index in [1.165, 1.54) is 12.0 Å². The molecule has 1 aliphatic carbocycles. The lowest BCUT2D eigenvalue weighted by molar-refractivity contribution is 0.271. The number of fused-ring (bicyclic) bond motifs is 1. The van der Waals surface area contributed by atoms with Crippen LogP contribution in [0.1, 0.15) is 36.3 Å². The highest BCUT2D eigenvalue weighted by molar-refractivity contribution is 5.84. The molecule has 6 heteroatoms. The molecule has 0 spiro atoms. The van der Waals surface area contributed by atoms with E-state index in [1.807, 2.05) is 30.9 Å². The van der Waals surface area contributed by atoms with E-state index >= 15 is 0 Å². The van der Waals surface area contributed by atoms with Crippen molar-refractivity contribution in [1.82, 2.24) is 19.7 Å². The van der Waals surface area contributed by atoms with Gasteiger partial charge in [0.2, 0.25) is 0 Å². The first-order valence-electron chi connectivity index (χ1n) is 8.52. The second-order valence-corrected chi connectivity index (χ2v) is 6.67. The van der Waals surface area contributed by atoms with Gasteiger partial charge in [-0.3, -0.25) is 4.99 Å². The van der Waals surface area contributed by atoms with Gasteiger partial charge in [-0.15, -0.1) is 0 Å². The van der Waals surface area contributed by atoms with Crippen LogP contribution in [0, 0.1) is 6.92 Å². The average molecular weight is 335 g/mol. The largest absolute Gasteiger partial charge is 0.388 e. The maximum absolute atomic E-state index is 9.38. The molecule has 4 rings (SSSR count). The normalized spacial score (nSPS) is 16.4. The van der Waals surface area contributed by atoms with E-state index in [0.29, 0.717) is 11.6 Å². The minimum atomic E-state index is -0.185. The van der Waals surface area contributed by atoms with Gasteiger partial charge in [0.05, 0.1) is 11.7 Å². The zero-order valence-electron chi connectivity index (χ0n) is 14.5. The second-order valence-electron chi connectivity index (χ2n) is 6.67. The van der Waals surface area contributed by atoms with Gasteiger partial charge >= 0.3 is 0 Å². The fourth-order valence-electron chi connectivity index (χ4n) is 3.60.